The molecule has 1 aliphatic heterocycles. The normalized spacial score (nSPS) is 20.6. The van der Waals surface area contributed by atoms with Crippen molar-refractivity contribution in [1.29, 1.82) is 0 Å². The highest BCUT2D eigenvalue weighted by atomic mass is 32.2. The second-order valence-electron chi connectivity index (χ2n) is 6.31. The summed E-state index contributed by atoms with van der Waals surface area (Å²) in [6.45, 7) is 8.61. The van der Waals surface area contributed by atoms with Crippen LogP contribution in [-0.2, 0) is 0 Å². The molecular weight excluding hydrogens is 304 g/mol. The second kappa shape index (κ2) is 7.51. The van der Waals surface area contributed by atoms with E-state index in [9.17, 15) is 0 Å². The number of aryl methyl sites for hydroxylation is 1. The number of aromatic amines is 1. The van der Waals surface area contributed by atoms with E-state index in [1.807, 2.05) is 18.0 Å². The fraction of sp³-hybridized carbons (Fsp3) is 0.500. The summed E-state index contributed by atoms with van der Waals surface area (Å²) in [5.41, 5.74) is 3.58. The average molecular weight is 331 g/mol. The summed E-state index contributed by atoms with van der Waals surface area (Å²) >= 11 is 1.93. The number of rotatable bonds is 5. The van der Waals surface area contributed by atoms with Crippen molar-refractivity contribution >= 4 is 11.8 Å². The summed E-state index contributed by atoms with van der Waals surface area (Å²) in [6, 6.07) is 8.92. The molecule has 1 aliphatic rings. The number of imidazole rings is 1. The molecule has 0 aliphatic carbocycles. The Hall–Kier alpha value is -1.30. The first kappa shape index (κ1) is 16.6. The molecule has 2 unspecified atom stereocenters. The van der Waals surface area contributed by atoms with E-state index in [0.29, 0.717) is 11.3 Å². The van der Waals surface area contributed by atoms with E-state index < -0.39 is 0 Å². The lowest BCUT2D eigenvalue weighted by Crippen LogP contribution is -2.48. The van der Waals surface area contributed by atoms with E-state index in [0.717, 1.165) is 37.7 Å². The number of aromatic nitrogens is 2. The summed E-state index contributed by atoms with van der Waals surface area (Å²) in [7, 11) is 0. The Morgan fingerprint density at radius 3 is 2.87 bits per heavy atom. The van der Waals surface area contributed by atoms with Gasteiger partial charge in [-0.1, -0.05) is 36.8 Å². The molecule has 3 rings (SSSR count). The van der Waals surface area contributed by atoms with Gasteiger partial charge >= 0.3 is 0 Å². The van der Waals surface area contributed by atoms with E-state index in [2.05, 4.69) is 64.6 Å². The summed E-state index contributed by atoms with van der Waals surface area (Å²) < 4.78 is 0. The zero-order valence-corrected chi connectivity index (χ0v) is 15.0. The Morgan fingerprint density at radius 2 is 2.13 bits per heavy atom. The minimum atomic E-state index is 0.331. The first-order valence-electron chi connectivity index (χ1n) is 8.27. The van der Waals surface area contributed by atoms with Gasteiger partial charge in [0.05, 0.1) is 17.9 Å². The van der Waals surface area contributed by atoms with Gasteiger partial charge in [0, 0.05) is 31.4 Å². The molecule has 1 aromatic carbocycles. The highest BCUT2D eigenvalue weighted by molar-refractivity contribution is 7.99. The van der Waals surface area contributed by atoms with Gasteiger partial charge in [-0.2, -0.15) is 11.8 Å². The van der Waals surface area contributed by atoms with Crippen LogP contribution in [0.25, 0.3) is 11.3 Å². The number of hydrogen-bond acceptors (Lipinski definition) is 4. The maximum atomic E-state index is 4.68. The Kier molecular flexibility index (Phi) is 5.41. The van der Waals surface area contributed by atoms with Crippen molar-refractivity contribution in [2.75, 3.05) is 32.4 Å². The molecule has 2 aromatic rings. The van der Waals surface area contributed by atoms with Crippen molar-refractivity contribution < 1.29 is 0 Å². The molecular formula is C18H26N4S. The molecule has 2 atom stereocenters. The Bertz CT molecular complexity index is 622. The van der Waals surface area contributed by atoms with E-state index in [4.69, 9.17) is 0 Å². The van der Waals surface area contributed by atoms with Crippen LogP contribution in [0.4, 0.5) is 0 Å². The highest BCUT2D eigenvalue weighted by Crippen LogP contribution is 2.25. The number of hydrogen-bond donors (Lipinski definition) is 2. The molecule has 1 fully saturated rings. The van der Waals surface area contributed by atoms with Gasteiger partial charge in [-0.3, -0.25) is 4.90 Å². The van der Waals surface area contributed by atoms with Crippen LogP contribution in [-0.4, -0.2) is 52.6 Å². The van der Waals surface area contributed by atoms with E-state index in [1.165, 1.54) is 11.1 Å². The molecule has 0 bridgehead atoms. The van der Waals surface area contributed by atoms with Crippen LogP contribution < -0.4 is 5.32 Å². The topological polar surface area (TPSA) is 44.0 Å². The lowest BCUT2D eigenvalue weighted by molar-refractivity contribution is 0.158. The first-order chi connectivity index (χ1) is 11.2. The Balaban J connectivity index is 1.78. The molecule has 0 radical (unpaired) electrons. The van der Waals surface area contributed by atoms with Crippen molar-refractivity contribution in [3.05, 3.63) is 41.9 Å². The van der Waals surface area contributed by atoms with Crippen molar-refractivity contribution in [3.8, 4) is 11.3 Å². The van der Waals surface area contributed by atoms with Gasteiger partial charge in [0.2, 0.25) is 0 Å². The molecule has 1 aromatic heterocycles. The summed E-state index contributed by atoms with van der Waals surface area (Å²) in [5.74, 6) is 1.07. The molecule has 0 saturated carbocycles. The van der Waals surface area contributed by atoms with Crippen LogP contribution in [0, 0.1) is 6.92 Å². The molecule has 2 heterocycles. The van der Waals surface area contributed by atoms with Gasteiger partial charge in [0.1, 0.15) is 5.82 Å². The molecule has 5 heteroatoms. The SMILES string of the molecule is CSC(C)CN1CCNCC1c1ncc(-c2ccc(C)cc2)[nH]1. The third-order valence-corrected chi connectivity index (χ3v) is 5.48. The van der Waals surface area contributed by atoms with E-state index >= 15 is 0 Å². The number of H-pyrrole nitrogens is 1. The lowest BCUT2D eigenvalue weighted by atomic mass is 10.1. The first-order valence-corrected chi connectivity index (χ1v) is 9.55. The number of benzene rings is 1. The lowest BCUT2D eigenvalue weighted by Gasteiger charge is -2.36. The van der Waals surface area contributed by atoms with Gasteiger partial charge in [0.15, 0.2) is 0 Å². The molecule has 0 spiro atoms. The highest BCUT2D eigenvalue weighted by Gasteiger charge is 2.27. The summed E-state index contributed by atoms with van der Waals surface area (Å²) in [4.78, 5) is 10.8. The predicted octanol–water partition coefficient (Wildman–Crippen LogP) is 3.08. The monoisotopic (exact) mass is 330 g/mol. The van der Waals surface area contributed by atoms with Crippen LogP contribution in [0.3, 0.4) is 0 Å². The van der Waals surface area contributed by atoms with Crippen LogP contribution in [0.15, 0.2) is 30.5 Å². The molecule has 1 saturated heterocycles. The fourth-order valence-electron chi connectivity index (χ4n) is 3.03. The number of piperazine rings is 1. The van der Waals surface area contributed by atoms with Crippen LogP contribution >= 0.6 is 11.8 Å². The van der Waals surface area contributed by atoms with Gasteiger partial charge in [-0.05, 0) is 18.7 Å². The van der Waals surface area contributed by atoms with Gasteiger partial charge in [0.25, 0.3) is 0 Å². The minimum absolute atomic E-state index is 0.331. The van der Waals surface area contributed by atoms with Gasteiger partial charge in [-0.25, -0.2) is 4.98 Å². The zero-order chi connectivity index (χ0) is 16.2. The Morgan fingerprint density at radius 1 is 1.35 bits per heavy atom. The van der Waals surface area contributed by atoms with E-state index in [1.54, 1.807) is 0 Å². The summed E-state index contributed by atoms with van der Waals surface area (Å²) in [5, 5.41) is 4.14. The number of nitrogens with one attached hydrogen (secondary N) is 2. The maximum Gasteiger partial charge on any atom is 0.125 e. The smallest absolute Gasteiger partial charge is 0.125 e. The minimum Gasteiger partial charge on any atom is -0.341 e. The molecule has 23 heavy (non-hydrogen) atoms. The molecule has 124 valence electrons. The van der Waals surface area contributed by atoms with Crippen molar-refractivity contribution in [2.24, 2.45) is 0 Å². The van der Waals surface area contributed by atoms with Crippen LogP contribution in [0.1, 0.15) is 24.4 Å². The third kappa shape index (κ3) is 3.97. The standard InChI is InChI=1S/C18H26N4S/c1-13-4-6-15(7-5-13)16-10-20-18(21-16)17-11-19-8-9-22(17)12-14(2)23-3/h4-7,10,14,17,19H,8-9,11-12H2,1-3H3,(H,20,21). The summed E-state index contributed by atoms with van der Waals surface area (Å²) in [6.07, 6.45) is 4.15. The predicted molar refractivity (Wildman–Crippen MR) is 98.9 cm³/mol. The van der Waals surface area contributed by atoms with Gasteiger partial charge < -0.3 is 10.3 Å². The molecule has 0 amide bonds. The average Bonchev–Trinajstić information content (AvgIpc) is 3.05. The molecule has 4 nitrogen and oxygen atoms in total. The van der Waals surface area contributed by atoms with Crippen LogP contribution in [0.5, 0.6) is 0 Å². The van der Waals surface area contributed by atoms with Crippen molar-refractivity contribution in [3.63, 3.8) is 0 Å². The zero-order valence-electron chi connectivity index (χ0n) is 14.2. The fourth-order valence-corrected chi connectivity index (χ4v) is 3.37. The largest absolute Gasteiger partial charge is 0.341 e. The van der Waals surface area contributed by atoms with Crippen molar-refractivity contribution in [1.82, 2.24) is 20.2 Å². The van der Waals surface area contributed by atoms with Crippen molar-refractivity contribution in [2.45, 2.75) is 25.1 Å². The van der Waals surface area contributed by atoms with Crippen LogP contribution in [0.2, 0.25) is 0 Å². The Labute approximate surface area is 143 Å². The van der Waals surface area contributed by atoms with Gasteiger partial charge in [-0.15, -0.1) is 0 Å². The second-order valence-corrected chi connectivity index (χ2v) is 7.59. The quantitative estimate of drug-likeness (QED) is 0.884. The van der Waals surface area contributed by atoms with E-state index in [-0.39, 0.29) is 0 Å². The number of nitrogens with zero attached hydrogens (tertiary/aromatic N) is 2. The number of thioether (sulfide) groups is 1. The maximum absolute atomic E-state index is 4.68. The molecule has 2 N–H and O–H groups in total. The third-order valence-electron chi connectivity index (χ3n) is 4.52.